The van der Waals surface area contributed by atoms with Crippen molar-refractivity contribution in [2.45, 2.75) is 32.2 Å². The van der Waals surface area contributed by atoms with E-state index in [1.165, 1.54) is 19.3 Å². The van der Waals surface area contributed by atoms with Gasteiger partial charge in [0.1, 0.15) is 0 Å². The first-order valence-electron chi connectivity index (χ1n) is 5.39. The Kier molecular flexibility index (Phi) is 3.14. The summed E-state index contributed by atoms with van der Waals surface area (Å²) in [5.41, 5.74) is 7.87. The molecular weight excluding hydrogens is 254 g/mol. The summed E-state index contributed by atoms with van der Waals surface area (Å²) in [6.07, 6.45) is 7.24. The molecule has 1 unspecified atom stereocenters. The van der Waals surface area contributed by atoms with Crippen molar-refractivity contribution in [2.24, 2.45) is 0 Å². The maximum Gasteiger partial charge on any atom is 0.0778 e. The summed E-state index contributed by atoms with van der Waals surface area (Å²) in [6, 6.07) is 0.631. The monoisotopic (exact) mass is 269 g/mol. The molecule has 3 nitrogen and oxygen atoms in total. The minimum atomic E-state index is 0.631. The van der Waals surface area contributed by atoms with E-state index in [9.17, 15) is 0 Å². The van der Waals surface area contributed by atoms with E-state index in [2.05, 4.69) is 32.7 Å². The highest BCUT2D eigenvalue weighted by molar-refractivity contribution is 9.10. The van der Waals surface area contributed by atoms with Crippen LogP contribution in [0.1, 0.15) is 26.2 Å². The summed E-state index contributed by atoms with van der Waals surface area (Å²) in [6.45, 7) is 3.33. The van der Waals surface area contributed by atoms with Gasteiger partial charge < -0.3 is 10.6 Å². The predicted molar refractivity (Wildman–Crippen MR) is 67.0 cm³/mol. The van der Waals surface area contributed by atoms with Crippen molar-refractivity contribution in [2.75, 3.05) is 17.2 Å². The molecule has 1 aromatic heterocycles. The molecule has 1 atom stereocenters. The first-order valence-corrected chi connectivity index (χ1v) is 6.19. The molecule has 0 radical (unpaired) electrons. The summed E-state index contributed by atoms with van der Waals surface area (Å²) < 4.78 is 1.00. The molecule has 15 heavy (non-hydrogen) atoms. The second-order valence-electron chi connectivity index (χ2n) is 3.96. The van der Waals surface area contributed by atoms with Gasteiger partial charge in [-0.1, -0.05) is 6.92 Å². The number of pyridine rings is 1. The molecule has 1 aliphatic rings. The van der Waals surface area contributed by atoms with Crippen LogP contribution in [0.15, 0.2) is 16.9 Å². The molecule has 0 aliphatic carbocycles. The Balaban J connectivity index is 2.36. The van der Waals surface area contributed by atoms with E-state index >= 15 is 0 Å². The third kappa shape index (κ3) is 1.95. The molecule has 2 rings (SSSR count). The maximum absolute atomic E-state index is 5.98. The van der Waals surface area contributed by atoms with Gasteiger partial charge >= 0.3 is 0 Å². The molecule has 1 saturated heterocycles. The Morgan fingerprint density at radius 2 is 2.40 bits per heavy atom. The van der Waals surface area contributed by atoms with Gasteiger partial charge in [0, 0.05) is 18.8 Å². The minimum absolute atomic E-state index is 0.631. The van der Waals surface area contributed by atoms with E-state index in [0.29, 0.717) is 6.04 Å². The fourth-order valence-electron chi connectivity index (χ4n) is 2.30. The Hall–Kier alpha value is -0.770. The zero-order chi connectivity index (χ0) is 10.8. The van der Waals surface area contributed by atoms with Gasteiger partial charge in [0.05, 0.1) is 22.0 Å². The first kappa shape index (κ1) is 10.7. The first-order chi connectivity index (χ1) is 7.24. The van der Waals surface area contributed by atoms with Crippen molar-refractivity contribution in [1.82, 2.24) is 4.98 Å². The Morgan fingerprint density at radius 1 is 1.60 bits per heavy atom. The van der Waals surface area contributed by atoms with Crippen LogP contribution >= 0.6 is 15.9 Å². The molecule has 0 amide bonds. The van der Waals surface area contributed by atoms with Crippen molar-refractivity contribution in [3.8, 4) is 0 Å². The molecule has 1 aliphatic heterocycles. The number of aromatic nitrogens is 1. The second kappa shape index (κ2) is 4.39. The van der Waals surface area contributed by atoms with Crippen LogP contribution in [0.25, 0.3) is 0 Å². The van der Waals surface area contributed by atoms with Crippen LogP contribution in [-0.2, 0) is 0 Å². The lowest BCUT2D eigenvalue weighted by Crippen LogP contribution is -2.29. The lowest BCUT2D eigenvalue weighted by atomic mass is 10.1. The molecule has 2 N–H and O–H groups in total. The summed E-state index contributed by atoms with van der Waals surface area (Å²) in [7, 11) is 0. The van der Waals surface area contributed by atoms with Crippen LogP contribution in [0.5, 0.6) is 0 Å². The maximum atomic E-state index is 5.98. The molecule has 0 bridgehead atoms. The highest BCUT2D eigenvalue weighted by atomic mass is 79.9. The van der Waals surface area contributed by atoms with Gasteiger partial charge in [-0.3, -0.25) is 4.98 Å². The molecule has 1 fully saturated rings. The third-order valence-corrected chi connectivity index (χ3v) is 3.62. The largest absolute Gasteiger partial charge is 0.396 e. The summed E-state index contributed by atoms with van der Waals surface area (Å²) >= 11 is 3.53. The fraction of sp³-hybridized carbons (Fsp3) is 0.545. The molecule has 0 spiro atoms. The molecule has 0 aromatic carbocycles. The molecule has 4 heteroatoms. The van der Waals surface area contributed by atoms with Crippen molar-refractivity contribution in [3.05, 3.63) is 16.9 Å². The third-order valence-electron chi connectivity index (χ3n) is 3.04. The van der Waals surface area contributed by atoms with E-state index in [0.717, 1.165) is 22.4 Å². The standard InChI is InChI=1S/C11H16BrN3/c1-2-8-4-3-5-15(8)11-9(12)6-14-7-10(11)13/h6-8H,2-5,13H2,1H3. The van der Waals surface area contributed by atoms with Crippen LogP contribution in [0, 0.1) is 0 Å². The molecular formula is C11H16BrN3. The average Bonchev–Trinajstić information content (AvgIpc) is 2.65. The van der Waals surface area contributed by atoms with Gasteiger partial charge in [-0.05, 0) is 35.2 Å². The van der Waals surface area contributed by atoms with Crippen LogP contribution in [-0.4, -0.2) is 17.6 Å². The van der Waals surface area contributed by atoms with E-state index in [4.69, 9.17) is 5.73 Å². The zero-order valence-corrected chi connectivity index (χ0v) is 10.5. The minimum Gasteiger partial charge on any atom is -0.396 e. The van der Waals surface area contributed by atoms with Crippen LogP contribution < -0.4 is 10.6 Å². The number of halogens is 1. The van der Waals surface area contributed by atoms with Gasteiger partial charge in [0.25, 0.3) is 0 Å². The second-order valence-corrected chi connectivity index (χ2v) is 4.81. The van der Waals surface area contributed by atoms with Gasteiger partial charge in [-0.2, -0.15) is 0 Å². The van der Waals surface area contributed by atoms with E-state index in [-0.39, 0.29) is 0 Å². The predicted octanol–water partition coefficient (Wildman–Crippen LogP) is 2.81. The number of rotatable bonds is 2. The highest BCUT2D eigenvalue weighted by Crippen LogP contribution is 2.36. The van der Waals surface area contributed by atoms with E-state index in [1.54, 1.807) is 6.20 Å². The highest BCUT2D eigenvalue weighted by Gasteiger charge is 2.26. The molecule has 82 valence electrons. The quantitative estimate of drug-likeness (QED) is 0.898. The van der Waals surface area contributed by atoms with E-state index < -0.39 is 0 Å². The van der Waals surface area contributed by atoms with Gasteiger partial charge in [-0.15, -0.1) is 0 Å². The molecule has 2 heterocycles. The Morgan fingerprint density at radius 3 is 3.07 bits per heavy atom. The lowest BCUT2D eigenvalue weighted by molar-refractivity contribution is 0.645. The number of hydrogen-bond donors (Lipinski definition) is 1. The fourth-order valence-corrected chi connectivity index (χ4v) is 2.88. The van der Waals surface area contributed by atoms with Crippen molar-refractivity contribution < 1.29 is 0 Å². The number of nitrogens with two attached hydrogens (primary N) is 1. The van der Waals surface area contributed by atoms with Crippen LogP contribution in [0.3, 0.4) is 0 Å². The van der Waals surface area contributed by atoms with Gasteiger partial charge in [0.15, 0.2) is 0 Å². The number of nitrogens with zero attached hydrogens (tertiary/aromatic N) is 2. The van der Waals surface area contributed by atoms with E-state index in [1.807, 2.05) is 6.20 Å². The Labute approximate surface area is 98.8 Å². The summed E-state index contributed by atoms with van der Waals surface area (Å²) in [4.78, 5) is 6.47. The number of anilines is 2. The van der Waals surface area contributed by atoms with Crippen LogP contribution in [0.4, 0.5) is 11.4 Å². The smallest absolute Gasteiger partial charge is 0.0778 e. The average molecular weight is 270 g/mol. The Bertz CT molecular complexity index is 333. The van der Waals surface area contributed by atoms with Gasteiger partial charge in [-0.25, -0.2) is 0 Å². The van der Waals surface area contributed by atoms with Crippen molar-refractivity contribution in [1.29, 1.82) is 0 Å². The lowest BCUT2D eigenvalue weighted by Gasteiger charge is -2.27. The van der Waals surface area contributed by atoms with Gasteiger partial charge in [0.2, 0.25) is 0 Å². The molecule has 1 aromatic rings. The normalized spacial score (nSPS) is 20.9. The SMILES string of the molecule is CCC1CCCN1c1c(N)cncc1Br. The topological polar surface area (TPSA) is 42.1 Å². The van der Waals surface area contributed by atoms with Crippen molar-refractivity contribution in [3.63, 3.8) is 0 Å². The van der Waals surface area contributed by atoms with Crippen LogP contribution in [0.2, 0.25) is 0 Å². The zero-order valence-electron chi connectivity index (χ0n) is 8.91. The summed E-state index contributed by atoms with van der Waals surface area (Å²) in [5.74, 6) is 0. The number of nitrogen functional groups attached to an aromatic ring is 1. The number of hydrogen-bond acceptors (Lipinski definition) is 3. The van der Waals surface area contributed by atoms with Crippen molar-refractivity contribution >= 4 is 27.3 Å². The summed E-state index contributed by atoms with van der Waals surface area (Å²) in [5, 5.41) is 0. The molecule has 0 saturated carbocycles.